The molecule has 3 unspecified atom stereocenters. The van der Waals surface area contributed by atoms with Gasteiger partial charge in [-0.3, -0.25) is 4.79 Å². The number of nitrogens with one attached hydrogen (secondary N) is 1. The van der Waals surface area contributed by atoms with Gasteiger partial charge in [0.05, 0.1) is 35.6 Å². The van der Waals surface area contributed by atoms with Gasteiger partial charge in [-0.2, -0.15) is 10.4 Å². The molecule has 0 spiro atoms. The van der Waals surface area contributed by atoms with Crippen molar-refractivity contribution in [2.75, 3.05) is 5.32 Å². The quantitative estimate of drug-likeness (QED) is 0.943. The average molecular weight is 308 g/mol. The molecule has 0 saturated carbocycles. The van der Waals surface area contributed by atoms with E-state index in [0.717, 1.165) is 30.6 Å². The maximum Gasteiger partial charge on any atom is 0.230 e. The van der Waals surface area contributed by atoms with E-state index in [1.807, 2.05) is 30.3 Å². The van der Waals surface area contributed by atoms with Gasteiger partial charge in [0, 0.05) is 11.9 Å². The Kier molecular flexibility index (Phi) is 3.36. The number of hydrogen-bond donors (Lipinski definition) is 1. The highest BCUT2D eigenvalue weighted by Crippen LogP contribution is 2.39. The Morgan fingerprint density at radius 2 is 2.17 bits per heavy atom. The van der Waals surface area contributed by atoms with Crippen LogP contribution in [-0.2, 0) is 9.53 Å². The Bertz CT molecular complexity index is 775. The maximum absolute atomic E-state index is 12.4. The summed E-state index contributed by atoms with van der Waals surface area (Å²) in [5.41, 5.74) is 2.11. The number of benzene rings is 1. The Morgan fingerprint density at radius 3 is 2.78 bits per heavy atom. The van der Waals surface area contributed by atoms with Crippen molar-refractivity contribution in [2.45, 2.75) is 31.5 Å². The average Bonchev–Trinajstić information content (AvgIpc) is 3.31. The highest BCUT2D eigenvalue weighted by atomic mass is 16.5. The molecule has 0 radical (unpaired) electrons. The highest BCUT2D eigenvalue weighted by molar-refractivity contribution is 5.93. The van der Waals surface area contributed by atoms with Crippen LogP contribution >= 0.6 is 0 Å². The summed E-state index contributed by atoms with van der Waals surface area (Å²) in [6.45, 7) is 0. The van der Waals surface area contributed by atoms with E-state index in [4.69, 9.17) is 10.00 Å². The van der Waals surface area contributed by atoms with Crippen LogP contribution in [0.15, 0.2) is 36.7 Å². The highest BCUT2D eigenvalue weighted by Gasteiger charge is 2.44. The third-order valence-electron chi connectivity index (χ3n) is 4.55. The van der Waals surface area contributed by atoms with Crippen LogP contribution in [0.5, 0.6) is 0 Å². The number of anilines is 1. The molecule has 116 valence electrons. The largest absolute Gasteiger partial charge is 0.374 e. The Labute approximate surface area is 133 Å². The molecule has 0 aliphatic carbocycles. The number of ether oxygens (including phenoxy) is 1. The second-order valence-electron chi connectivity index (χ2n) is 6.04. The van der Waals surface area contributed by atoms with Crippen molar-refractivity contribution >= 4 is 11.6 Å². The van der Waals surface area contributed by atoms with E-state index < -0.39 is 0 Å². The lowest BCUT2D eigenvalue weighted by Gasteiger charge is -2.18. The molecule has 23 heavy (non-hydrogen) atoms. The van der Waals surface area contributed by atoms with Crippen molar-refractivity contribution in [3.63, 3.8) is 0 Å². The van der Waals surface area contributed by atoms with Gasteiger partial charge in [0.1, 0.15) is 6.07 Å². The molecule has 2 saturated heterocycles. The molecule has 2 aromatic rings. The maximum atomic E-state index is 12.4. The summed E-state index contributed by atoms with van der Waals surface area (Å²) in [6, 6.07) is 9.46. The summed E-state index contributed by atoms with van der Waals surface area (Å²) >= 11 is 0. The van der Waals surface area contributed by atoms with E-state index in [-0.39, 0.29) is 24.0 Å². The number of nitriles is 1. The summed E-state index contributed by atoms with van der Waals surface area (Å²) in [6.07, 6.45) is 6.45. The fourth-order valence-electron chi connectivity index (χ4n) is 3.37. The third kappa shape index (κ3) is 2.60. The standard InChI is InChI=1S/C17H16N4O2/c18-8-11-9-19-21(10-11)13-3-1-12(2-4-13)20-17(22)15-7-14-5-6-16(15)23-14/h1-4,9-10,14-16H,5-7H2,(H,20,22). The van der Waals surface area contributed by atoms with E-state index in [0.29, 0.717) is 5.56 Å². The van der Waals surface area contributed by atoms with Crippen LogP contribution in [0.4, 0.5) is 5.69 Å². The third-order valence-corrected chi connectivity index (χ3v) is 4.55. The van der Waals surface area contributed by atoms with E-state index in [1.165, 1.54) is 6.20 Å². The van der Waals surface area contributed by atoms with Gasteiger partial charge in [-0.25, -0.2) is 4.68 Å². The van der Waals surface area contributed by atoms with Crippen LogP contribution in [0, 0.1) is 17.2 Å². The number of fused-ring (bicyclic) bond motifs is 2. The van der Waals surface area contributed by atoms with Crippen molar-refractivity contribution in [2.24, 2.45) is 5.92 Å². The molecule has 2 fully saturated rings. The van der Waals surface area contributed by atoms with Crippen LogP contribution in [0.25, 0.3) is 5.69 Å². The number of carbonyl (C=O) groups excluding carboxylic acids is 1. The number of carbonyl (C=O) groups is 1. The van der Waals surface area contributed by atoms with Crippen molar-refractivity contribution in [1.82, 2.24) is 9.78 Å². The van der Waals surface area contributed by atoms with Gasteiger partial charge < -0.3 is 10.1 Å². The van der Waals surface area contributed by atoms with Crippen LogP contribution in [0.1, 0.15) is 24.8 Å². The summed E-state index contributed by atoms with van der Waals surface area (Å²) in [5, 5.41) is 15.9. The molecule has 1 aromatic heterocycles. The number of aromatic nitrogens is 2. The topological polar surface area (TPSA) is 79.9 Å². The molecule has 6 nitrogen and oxygen atoms in total. The molecule has 1 aromatic carbocycles. The van der Waals surface area contributed by atoms with Crippen molar-refractivity contribution in [3.8, 4) is 11.8 Å². The normalized spacial score (nSPS) is 25.3. The van der Waals surface area contributed by atoms with Gasteiger partial charge in [-0.1, -0.05) is 0 Å². The van der Waals surface area contributed by atoms with E-state index in [1.54, 1.807) is 10.9 Å². The fourth-order valence-corrected chi connectivity index (χ4v) is 3.37. The second kappa shape index (κ2) is 5.52. The molecule has 2 aliphatic heterocycles. The number of amides is 1. The summed E-state index contributed by atoms with van der Waals surface area (Å²) < 4.78 is 7.37. The van der Waals surface area contributed by atoms with Gasteiger partial charge in [-0.05, 0) is 43.5 Å². The zero-order valence-corrected chi connectivity index (χ0v) is 12.5. The number of hydrogen-bond acceptors (Lipinski definition) is 4. The Balaban J connectivity index is 1.44. The molecular formula is C17H16N4O2. The zero-order chi connectivity index (χ0) is 15.8. The SMILES string of the molecule is N#Cc1cnn(-c2ccc(NC(=O)C3CC4CCC3O4)cc2)c1. The number of nitrogens with zero attached hydrogens (tertiary/aromatic N) is 3. The van der Waals surface area contributed by atoms with Crippen molar-refractivity contribution in [1.29, 1.82) is 5.26 Å². The first kappa shape index (κ1) is 14.0. The molecular weight excluding hydrogens is 292 g/mol. The first-order valence-electron chi connectivity index (χ1n) is 7.74. The van der Waals surface area contributed by atoms with Crippen LogP contribution in [0.2, 0.25) is 0 Å². The van der Waals surface area contributed by atoms with Gasteiger partial charge in [0.2, 0.25) is 5.91 Å². The molecule has 3 atom stereocenters. The van der Waals surface area contributed by atoms with Gasteiger partial charge in [0.15, 0.2) is 0 Å². The second-order valence-corrected chi connectivity index (χ2v) is 6.04. The minimum Gasteiger partial charge on any atom is -0.374 e. The lowest BCUT2D eigenvalue weighted by Crippen LogP contribution is -2.30. The minimum absolute atomic E-state index is 0.0299. The van der Waals surface area contributed by atoms with Crippen LogP contribution < -0.4 is 5.32 Å². The monoisotopic (exact) mass is 308 g/mol. The van der Waals surface area contributed by atoms with Gasteiger partial charge in [-0.15, -0.1) is 0 Å². The smallest absolute Gasteiger partial charge is 0.230 e. The summed E-state index contributed by atoms with van der Waals surface area (Å²) in [7, 11) is 0. The lowest BCUT2D eigenvalue weighted by atomic mass is 9.88. The van der Waals surface area contributed by atoms with Crippen molar-refractivity contribution < 1.29 is 9.53 Å². The molecule has 1 N–H and O–H groups in total. The summed E-state index contributed by atoms with van der Waals surface area (Å²) in [4.78, 5) is 12.4. The first-order chi connectivity index (χ1) is 11.2. The minimum atomic E-state index is -0.0299. The Hall–Kier alpha value is -2.65. The summed E-state index contributed by atoms with van der Waals surface area (Å²) in [5.74, 6) is 0.00790. The predicted octanol–water partition coefficient (Wildman–Crippen LogP) is 2.25. The molecule has 1 amide bonds. The molecule has 2 bridgehead atoms. The van der Waals surface area contributed by atoms with Crippen molar-refractivity contribution in [3.05, 3.63) is 42.2 Å². The van der Waals surface area contributed by atoms with Crippen LogP contribution in [0.3, 0.4) is 0 Å². The van der Waals surface area contributed by atoms with Gasteiger partial charge >= 0.3 is 0 Å². The first-order valence-corrected chi connectivity index (χ1v) is 7.74. The lowest BCUT2D eigenvalue weighted by molar-refractivity contribution is -0.121. The van der Waals surface area contributed by atoms with Crippen LogP contribution in [-0.4, -0.2) is 27.9 Å². The van der Waals surface area contributed by atoms with E-state index in [9.17, 15) is 4.79 Å². The van der Waals surface area contributed by atoms with E-state index in [2.05, 4.69) is 10.4 Å². The number of rotatable bonds is 3. The zero-order valence-electron chi connectivity index (χ0n) is 12.5. The molecule has 2 aliphatic rings. The molecule has 4 rings (SSSR count). The fraction of sp³-hybridized carbons (Fsp3) is 0.353. The van der Waals surface area contributed by atoms with Gasteiger partial charge in [0.25, 0.3) is 0 Å². The molecule has 3 heterocycles. The van der Waals surface area contributed by atoms with E-state index >= 15 is 0 Å². The Morgan fingerprint density at radius 1 is 1.35 bits per heavy atom. The molecule has 6 heteroatoms. The predicted molar refractivity (Wildman–Crippen MR) is 82.9 cm³/mol.